The molecule has 2 aliphatic carbocycles. The van der Waals surface area contributed by atoms with Gasteiger partial charge in [0.2, 0.25) is 0 Å². The molecule has 0 saturated heterocycles. The minimum Gasteiger partial charge on any atom is -0.506 e. The molecule has 4 aromatic carbocycles. The van der Waals surface area contributed by atoms with Gasteiger partial charge in [0.05, 0.1) is 58.4 Å². The molecule has 0 amide bonds. The van der Waals surface area contributed by atoms with Crippen LogP contribution in [0.1, 0.15) is 70.7 Å². The van der Waals surface area contributed by atoms with Crippen LogP contribution >= 0.6 is 0 Å². The lowest BCUT2D eigenvalue weighted by Crippen LogP contribution is -2.40. The predicted molar refractivity (Wildman–Crippen MR) is 156 cm³/mol. The summed E-state index contributed by atoms with van der Waals surface area (Å²) in [4.78, 5) is 25.9. The number of hydrogen-bond donors (Lipinski definition) is 8. The SMILES string of the molecule is COc1cc2cc3c(c(O)c2c(O)c1-c1c(OC)cc2cc4c(c(O)c2c1O)C(=O)C[C@@](C)(O)[C@H]4O)C(=O)C[C@@](C)(O)[C@H]3O. The Kier molecular flexibility index (Phi) is 6.32. The number of hydrogen-bond acceptors (Lipinski definition) is 12. The van der Waals surface area contributed by atoms with Crippen molar-refractivity contribution in [3.8, 4) is 45.6 Å². The monoisotopic (exact) mass is 606 g/mol. The number of phenols is 4. The maximum atomic E-state index is 13.0. The summed E-state index contributed by atoms with van der Waals surface area (Å²) in [7, 11) is 2.55. The molecule has 12 nitrogen and oxygen atoms in total. The van der Waals surface area contributed by atoms with Gasteiger partial charge in [0.1, 0.15) is 46.7 Å². The summed E-state index contributed by atoms with van der Waals surface area (Å²) in [5.74, 6) is -4.06. The highest BCUT2D eigenvalue weighted by atomic mass is 16.5. The van der Waals surface area contributed by atoms with Crippen molar-refractivity contribution in [1.82, 2.24) is 0 Å². The molecule has 6 rings (SSSR count). The Balaban J connectivity index is 1.70. The number of benzene rings is 4. The van der Waals surface area contributed by atoms with E-state index in [4.69, 9.17) is 9.47 Å². The van der Waals surface area contributed by atoms with Crippen molar-refractivity contribution in [1.29, 1.82) is 0 Å². The summed E-state index contributed by atoms with van der Waals surface area (Å²) < 4.78 is 11.1. The van der Waals surface area contributed by atoms with Crippen molar-refractivity contribution in [2.24, 2.45) is 0 Å². The molecule has 0 bridgehead atoms. The van der Waals surface area contributed by atoms with E-state index in [9.17, 15) is 50.4 Å². The molecule has 0 aromatic heterocycles. The average molecular weight is 607 g/mol. The van der Waals surface area contributed by atoms with Crippen LogP contribution in [0.25, 0.3) is 32.7 Å². The predicted octanol–water partition coefficient (Wildman–Crippen LogP) is 3.24. The van der Waals surface area contributed by atoms with Crippen molar-refractivity contribution in [2.45, 2.75) is 50.1 Å². The van der Waals surface area contributed by atoms with Gasteiger partial charge in [-0.15, -0.1) is 0 Å². The molecule has 4 atom stereocenters. The number of phenolic OH excluding ortho intramolecular Hbond substituents is 4. The van der Waals surface area contributed by atoms with E-state index in [1.165, 1.54) is 52.3 Å². The molecule has 230 valence electrons. The highest BCUT2D eigenvalue weighted by molar-refractivity contribution is 6.14. The zero-order valence-corrected chi connectivity index (χ0v) is 24.1. The number of ether oxygens (including phenoxy) is 2. The number of Topliss-reactive ketones (excluding diaryl/α,β-unsaturated/α-hetero) is 2. The molecule has 0 fully saturated rings. The molecule has 0 saturated carbocycles. The van der Waals surface area contributed by atoms with Crippen LogP contribution in [0.5, 0.6) is 34.5 Å². The fraction of sp³-hybridized carbons (Fsp3) is 0.312. The Labute approximate surface area is 249 Å². The number of methoxy groups -OCH3 is 2. The Morgan fingerprint density at radius 1 is 0.614 bits per heavy atom. The molecule has 12 heteroatoms. The number of aromatic hydroxyl groups is 4. The Morgan fingerprint density at radius 2 is 0.932 bits per heavy atom. The maximum Gasteiger partial charge on any atom is 0.169 e. The second-order valence-electron chi connectivity index (χ2n) is 11.9. The summed E-state index contributed by atoms with van der Waals surface area (Å²) >= 11 is 0. The zero-order valence-electron chi connectivity index (χ0n) is 24.1. The molecule has 4 aromatic rings. The van der Waals surface area contributed by atoms with E-state index in [2.05, 4.69) is 0 Å². The molecule has 0 radical (unpaired) electrons. The lowest BCUT2D eigenvalue weighted by molar-refractivity contribution is -0.0677. The van der Waals surface area contributed by atoms with Crippen LogP contribution in [0.3, 0.4) is 0 Å². The summed E-state index contributed by atoms with van der Waals surface area (Å²) in [6, 6.07) is 5.44. The minimum atomic E-state index is -1.80. The fourth-order valence-electron chi connectivity index (χ4n) is 6.57. The van der Waals surface area contributed by atoms with Gasteiger partial charge in [0, 0.05) is 12.8 Å². The van der Waals surface area contributed by atoms with Crippen molar-refractivity contribution in [3.05, 3.63) is 46.5 Å². The van der Waals surface area contributed by atoms with E-state index < -0.39 is 70.8 Å². The van der Waals surface area contributed by atoms with Gasteiger partial charge in [-0.1, -0.05) is 0 Å². The topological polar surface area (TPSA) is 214 Å². The lowest BCUT2D eigenvalue weighted by atomic mass is 9.76. The number of rotatable bonds is 3. The van der Waals surface area contributed by atoms with Gasteiger partial charge in [-0.05, 0) is 60.0 Å². The van der Waals surface area contributed by atoms with Crippen molar-refractivity contribution in [3.63, 3.8) is 0 Å². The van der Waals surface area contributed by atoms with E-state index in [-0.39, 0.29) is 66.4 Å². The Morgan fingerprint density at radius 3 is 1.25 bits per heavy atom. The minimum absolute atomic E-state index is 0.0443. The number of fused-ring (bicyclic) bond motifs is 4. The number of carbonyl (C=O) groups excluding carboxylic acids is 2. The van der Waals surface area contributed by atoms with E-state index in [1.54, 1.807) is 0 Å². The van der Waals surface area contributed by atoms with E-state index in [0.717, 1.165) is 0 Å². The van der Waals surface area contributed by atoms with Gasteiger partial charge in [-0.25, -0.2) is 0 Å². The number of carbonyl (C=O) groups is 2. The third kappa shape index (κ3) is 3.85. The van der Waals surface area contributed by atoms with E-state index >= 15 is 0 Å². The van der Waals surface area contributed by atoms with Crippen LogP contribution in [-0.2, 0) is 0 Å². The summed E-state index contributed by atoms with van der Waals surface area (Å²) in [5, 5.41) is 88.3. The molecule has 0 unspecified atom stereocenters. The number of aliphatic hydroxyl groups excluding tert-OH is 2. The third-order valence-electron chi connectivity index (χ3n) is 8.79. The quantitative estimate of drug-likeness (QED) is 0.169. The Bertz CT molecular complexity index is 1810. The van der Waals surface area contributed by atoms with Crippen molar-refractivity contribution < 1.29 is 59.9 Å². The first kappa shape index (κ1) is 29.5. The molecular formula is C32H30O12. The second-order valence-corrected chi connectivity index (χ2v) is 11.9. The molecule has 8 N–H and O–H groups in total. The summed E-state index contributed by atoms with van der Waals surface area (Å²) in [6.45, 7) is 2.58. The van der Waals surface area contributed by atoms with Gasteiger partial charge < -0.3 is 50.3 Å². The van der Waals surface area contributed by atoms with Crippen LogP contribution < -0.4 is 9.47 Å². The molecule has 0 aliphatic heterocycles. The van der Waals surface area contributed by atoms with Crippen LogP contribution in [-0.4, -0.2) is 77.8 Å². The van der Waals surface area contributed by atoms with Crippen LogP contribution in [0.15, 0.2) is 24.3 Å². The van der Waals surface area contributed by atoms with Gasteiger partial charge in [0.25, 0.3) is 0 Å². The summed E-state index contributed by atoms with van der Waals surface area (Å²) in [6.07, 6.45) is -4.03. The van der Waals surface area contributed by atoms with Gasteiger partial charge >= 0.3 is 0 Å². The van der Waals surface area contributed by atoms with Crippen LogP contribution in [0.4, 0.5) is 0 Å². The third-order valence-corrected chi connectivity index (χ3v) is 8.79. The molecule has 44 heavy (non-hydrogen) atoms. The molecular weight excluding hydrogens is 576 g/mol. The second kappa shape index (κ2) is 9.44. The van der Waals surface area contributed by atoms with Gasteiger partial charge in [0.15, 0.2) is 11.6 Å². The largest absolute Gasteiger partial charge is 0.506 e. The van der Waals surface area contributed by atoms with Crippen LogP contribution in [0.2, 0.25) is 0 Å². The first-order valence-electron chi connectivity index (χ1n) is 13.6. The lowest BCUT2D eigenvalue weighted by Gasteiger charge is -2.35. The highest BCUT2D eigenvalue weighted by Gasteiger charge is 2.45. The summed E-state index contributed by atoms with van der Waals surface area (Å²) in [5.41, 5.74) is -4.65. The maximum absolute atomic E-state index is 13.0. The van der Waals surface area contributed by atoms with Gasteiger partial charge in [-0.2, -0.15) is 0 Å². The van der Waals surface area contributed by atoms with Crippen molar-refractivity contribution >= 4 is 33.1 Å². The average Bonchev–Trinajstić information content (AvgIpc) is 2.93. The smallest absolute Gasteiger partial charge is 0.169 e. The number of aliphatic hydroxyl groups is 4. The van der Waals surface area contributed by atoms with Gasteiger partial charge in [-0.3, -0.25) is 9.59 Å². The van der Waals surface area contributed by atoms with E-state index in [0.29, 0.717) is 0 Å². The van der Waals surface area contributed by atoms with Crippen molar-refractivity contribution in [2.75, 3.05) is 14.2 Å². The standard InChI is InChI=1S/C32H30O12/c1-31(41)9-15(33)21-13(29(31)39)5-11-7-17(43-3)23(27(37)19(11)25(21)35)24-18(44-4)8-12-6-14-22(26(36)20(12)28(24)38)16(34)10-32(2,42)30(14)40/h5-8,29-30,35-42H,9-10H2,1-4H3/t29-,30-,31+,32+/m0/s1. The van der Waals surface area contributed by atoms with E-state index in [1.807, 2.05) is 0 Å². The first-order valence-corrected chi connectivity index (χ1v) is 13.6. The highest BCUT2D eigenvalue weighted by Crippen LogP contribution is 2.57. The fourth-order valence-corrected chi connectivity index (χ4v) is 6.57. The first-order chi connectivity index (χ1) is 20.5. The molecule has 0 heterocycles. The van der Waals surface area contributed by atoms with Crippen LogP contribution in [0, 0.1) is 0 Å². The zero-order chi connectivity index (χ0) is 32.2. The molecule has 0 spiro atoms. The molecule has 2 aliphatic rings. The normalized spacial score (nSPS) is 24.8. The number of ketones is 2. The Hall–Kier alpha value is -4.62.